The molecule has 7 nitrogen and oxygen atoms in total. The van der Waals surface area contributed by atoms with Gasteiger partial charge in [0.15, 0.2) is 5.82 Å². The Morgan fingerprint density at radius 3 is 2.95 bits per heavy atom. The topological polar surface area (TPSA) is 90.1 Å². The molecule has 1 heterocycles. The van der Waals surface area contributed by atoms with Crippen LogP contribution in [0.3, 0.4) is 0 Å². The van der Waals surface area contributed by atoms with E-state index >= 15 is 0 Å². The maximum absolute atomic E-state index is 11.1. The van der Waals surface area contributed by atoms with Crippen molar-refractivity contribution in [1.82, 2.24) is 20.2 Å². The monoisotopic (exact) mass is 290 g/mol. The lowest BCUT2D eigenvalue weighted by atomic mass is 10.1. The van der Waals surface area contributed by atoms with Crippen molar-refractivity contribution in [2.75, 3.05) is 0 Å². The molecule has 0 radical (unpaired) electrons. The van der Waals surface area contributed by atoms with E-state index in [9.17, 15) is 4.79 Å². The highest BCUT2D eigenvalue weighted by Gasteiger charge is 2.12. The second-order valence-electron chi connectivity index (χ2n) is 4.69. The summed E-state index contributed by atoms with van der Waals surface area (Å²) in [5.41, 5.74) is 0.829. The summed E-state index contributed by atoms with van der Waals surface area (Å²) in [7, 11) is 0. The SMILES string of the molecule is CCCCn1nnnc1COc1cccc(C(=O)O)c1C. The van der Waals surface area contributed by atoms with Gasteiger partial charge in [0.1, 0.15) is 12.4 Å². The molecule has 2 aromatic rings. The molecule has 0 saturated carbocycles. The zero-order valence-corrected chi connectivity index (χ0v) is 12.1. The minimum Gasteiger partial charge on any atom is -0.485 e. The Kier molecular flexibility index (Phi) is 4.86. The zero-order valence-electron chi connectivity index (χ0n) is 12.1. The van der Waals surface area contributed by atoms with Crippen molar-refractivity contribution in [3.05, 3.63) is 35.2 Å². The molecule has 1 aromatic carbocycles. The van der Waals surface area contributed by atoms with Gasteiger partial charge in [-0.15, -0.1) is 5.10 Å². The van der Waals surface area contributed by atoms with Crippen LogP contribution >= 0.6 is 0 Å². The van der Waals surface area contributed by atoms with Crippen LogP contribution in [-0.4, -0.2) is 31.3 Å². The second kappa shape index (κ2) is 6.83. The maximum atomic E-state index is 11.1. The Morgan fingerprint density at radius 2 is 2.24 bits per heavy atom. The highest BCUT2D eigenvalue weighted by molar-refractivity contribution is 5.90. The molecule has 112 valence electrons. The van der Waals surface area contributed by atoms with Crippen LogP contribution in [0.1, 0.15) is 41.5 Å². The molecule has 0 aliphatic heterocycles. The molecule has 0 spiro atoms. The molecule has 0 saturated heterocycles. The molecule has 0 atom stereocenters. The number of carboxylic acid groups (broad SMARTS) is 1. The molecule has 2 rings (SSSR count). The van der Waals surface area contributed by atoms with E-state index in [1.807, 2.05) is 0 Å². The molecule has 7 heteroatoms. The van der Waals surface area contributed by atoms with Gasteiger partial charge >= 0.3 is 5.97 Å². The number of benzene rings is 1. The first-order valence-corrected chi connectivity index (χ1v) is 6.84. The Bertz CT molecular complexity index is 624. The van der Waals surface area contributed by atoms with Crippen LogP contribution in [0.25, 0.3) is 0 Å². The normalized spacial score (nSPS) is 10.6. The molecule has 21 heavy (non-hydrogen) atoms. The molecule has 0 aliphatic carbocycles. The van der Waals surface area contributed by atoms with Crippen molar-refractivity contribution in [1.29, 1.82) is 0 Å². The molecule has 1 N–H and O–H groups in total. The van der Waals surface area contributed by atoms with Crippen molar-refractivity contribution < 1.29 is 14.6 Å². The van der Waals surface area contributed by atoms with Gasteiger partial charge in [0.25, 0.3) is 0 Å². The van der Waals surface area contributed by atoms with Crippen LogP contribution in [0.5, 0.6) is 5.75 Å². The molecule has 0 fully saturated rings. The van der Waals surface area contributed by atoms with Gasteiger partial charge in [-0.25, -0.2) is 9.48 Å². The first kappa shape index (κ1) is 15.0. The van der Waals surface area contributed by atoms with Crippen LogP contribution in [0.2, 0.25) is 0 Å². The third kappa shape index (κ3) is 3.56. The number of hydrogen-bond donors (Lipinski definition) is 1. The number of aryl methyl sites for hydroxylation is 1. The fourth-order valence-corrected chi connectivity index (χ4v) is 1.95. The Hall–Kier alpha value is -2.44. The summed E-state index contributed by atoms with van der Waals surface area (Å²) in [6.45, 7) is 4.77. The van der Waals surface area contributed by atoms with Crippen LogP contribution in [-0.2, 0) is 13.2 Å². The number of nitrogens with zero attached hydrogens (tertiary/aromatic N) is 4. The van der Waals surface area contributed by atoms with Gasteiger partial charge in [-0.2, -0.15) is 0 Å². The third-order valence-electron chi connectivity index (χ3n) is 3.20. The molecule has 0 unspecified atom stereocenters. The Balaban J connectivity index is 2.08. The number of unbranched alkanes of at least 4 members (excludes halogenated alkanes) is 1. The van der Waals surface area contributed by atoms with Crippen LogP contribution in [0, 0.1) is 6.92 Å². The van der Waals surface area contributed by atoms with Crippen molar-refractivity contribution >= 4 is 5.97 Å². The molecule has 0 aliphatic rings. The van der Waals surface area contributed by atoms with Crippen LogP contribution in [0.4, 0.5) is 0 Å². The fraction of sp³-hybridized carbons (Fsp3) is 0.429. The van der Waals surface area contributed by atoms with E-state index in [-0.39, 0.29) is 12.2 Å². The van der Waals surface area contributed by atoms with Gasteiger partial charge < -0.3 is 9.84 Å². The molecule has 0 bridgehead atoms. The highest BCUT2D eigenvalue weighted by atomic mass is 16.5. The largest absolute Gasteiger partial charge is 0.485 e. The van der Waals surface area contributed by atoms with Gasteiger partial charge in [0.2, 0.25) is 0 Å². The maximum Gasteiger partial charge on any atom is 0.336 e. The van der Waals surface area contributed by atoms with Gasteiger partial charge in [0.05, 0.1) is 5.56 Å². The lowest BCUT2D eigenvalue weighted by Crippen LogP contribution is -2.10. The lowest BCUT2D eigenvalue weighted by molar-refractivity contribution is 0.0695. The summed E-state index contributed by atoms with van der Waals surface area (Å²) >= 11 is 0. The number of aromatic carboxylic acids is 1. The Labute approximate surface area is 122 Å². The molecule has 0 amide bonds. The number of aromatic nitrogens is 4. The quantitative estimate of drug-likeness (QED) is 0.839. The molecular formula is C14H18N4O3. The first-order valence-electron chi connectivity index (χ1n) is 6.84. The predicted octanol–water partition coefficient (Wildman–Crippen LogP) is 2.06. The summed E-state index contributed by atoms with van der Waals surface area (Å²) < 4.78 is 7.37. The van der Waals surface area contributed by atoms with Gasteiger partial charge in [0, 0.05) is 12.1 Å². The molecule has 1 aromatic heterocycles. The van der Waals surface area contributed by atoms with Gasteiger partial charge in [-0.3, -0.25) is 0 Å². The average molecular weight is 290 g/mol. The number of carbonyl (C=O) groups is 1. The lowest BCUT2D eigenvalue weighted by Gasteiger charge is -2.10. The Morgan fingerprint density at radius 1 is 1.43 bits per heavy atom. The van der Waals surface area contributed by atoms with Crippen LogP contribution in [0.15, 0.2) is 18.2 Å². The second-order valence-corrected chi connectivity index (χ2v) is 4.69. The van der Waals surface area contributed by atoms with E-state index in [1.165, 1.54) is 0 Å². The van der Waals surface area contributed by atoms with Gasteiger partial charge in [-0.05, 0) is 35.9 Å². The van der Waals surface area contributed by atoms with Crippen LogP contribution < -0.4 is 4.74 Å². The van der Waals surface area contributed by atoms with E-state index < -0.39 is 5.97 Å². The summed E-state index contributed by atoms with van der Waals surface area (Å²) in [6.07, 6.45) is 2.05. The van der Waals surface area contributed by atoms with E-state index in [0.717, 1.165) is 19.4 Å². The minimum absolute atomic E-state index is 0.209. The van der Waals surface area contributed by atoms with E-state index in [0.29, 0.717) is 17.1 Å². The number of rotatable bonds is 7. The van der Waals surface area contributed by atoms with Crippen molar-refractivity contribution in [2.24, 2.45) is 0 Å². The summed E-state index contributed by atoms with van der Waals surface area (Å²) in [6, 6.07) is 4.95. The summed E-state index contributed by atoms with van der Waals surface area (Å²) in [5.74, 6) is 0.189. The summed E-state index contributed by atoms with van der Waals surface area (Å²) in [5, 5.41) is 20.6. The zero-order chi connectivity index (χ0) is 15.2. The predicted molar refractivity (Wildman–Crippen MR) is 75.2 cm³/mol. The summed E-state index contributed by atoms with van der Waals surface area (Å²) in [4.78, 5) is 11.1. The van der Waals surface area contributed by atoms with E-state index in [1.54, 1.807) is 29.8 Å². The smallest absolute Gasteiger partial charge is 0.336 e. The van der Waals surface area contributed by atoms with Crippen molar-refractivity contribution in [3.63, 3.8) is 0 Å². The fourth-order valence-electron chi connectivity index (χ4n) is 1.95. The van der Waals surface area contributed by atoms with Crippen molar-refractivity contribution in [2.45, 2.75) is 39.8 Å². The number of ether oxygens (including phenoxy) is 1. The molecular weight excluding hydrogens is 272 g/mol. The van der Waals surface area contributed by atoms with E-state index in [4.69, 9.17) is 9.84 Å². The minimum atomic E-state index is -0.967. The van der Waals surface area contributed by atoms with Crippen molar-refractivity contribution in [3.8, 4) is 5.75 Å². The van der Waals surface area contributed by atoms with Gasteiger partial charge in [-0.1, -0.05) is 19.4 Å². The number of hydrogen-bond acceptors (Lipinski definition) is 5. The third-order valence-corrected chi connectivity index (χ3v) is 3.20. The number of tetrazole rings is 1. The van der Waals surface area contributed by atoms with E-state index in [2.05, 4.69) is 22.4 Å². The number of carboxylic acids is 1. The first-order chi connectivity index (χ1) is 10.1. The average Bonchev–Trinajstić information content (AvgIpc) is 2.91. The standard InChI is InChI=1S/C14H18N4O3/c1-3-4-8-18-13(15-16-17-18)9-21-12-7-5-6-11(10(12)2)14(19)20/h5-7H,3-4,8-9H2,1-2H3,(H,19,20). The highest BCUT2D eigenvalue weighted by Crippen LogP contribution is 2.22.